The molecule has 0 spiro atoms. The Kier molecular flexibility index (Phi) is 10.4. The Labute approximate surface area is 285 Å². The number of amides is 4. The maximum atomic E-state index is 14.8. The number of nitrogens with zero attached hydrogens (tertiary/aromatic N) is 4. The zero-order chi connectivity index (χ0) is 35.3. The summed E-state index contributed by atoms with van der Waals surface area (Å²) in [5, 5.41) is 2.73. The van der Waals surface area contributed by atoms with E-state index >= 15 is 0 Å². The van der Waals surface area contributed by atoms with Gasteiger partial charge in [-0.1, -0.05) is 74.5 Å². The smallest absolute Gasteiger partial charge is 0.283 e. The summed E-state index contributed by atoms with van der Waals surface area (Å²) in [6.45, 7) is 7.21. The predicted octanol–water partition coefficient (Wildman–Crippen LogP) is 2.27. The molecule has 5 rings (SSSR count). The van der Waals surface area contributed by atoms with Crippen LogP contribution in [0.5, 0.6) is 0 Å². The molecule has 4 amide bonds. The number of benzene rings is 2. The monoisotopic (exact) mass is 665 g/mol. The number of carbonyl (C=O) groups excluding carboxylic acids is 5. The topological polar surface area (TPSA) is 155 Å². The first kappa shape index (κ1) is 34.7. The number of ether oxygens (including phenoxy) is 1. The first-order valence-corrected chi connectivity index (χ1v) is 16.1. The van der Waals surface area contributed by atoms with E-state index in [1.165, 1.54) is 9.80 Å². The molecular formula is C37H41N6O6+. The number of nitrogens with one attached hydrogen (secondary N) is 1. The van der Waals surface area contributed by atoms with Crippen molar-refractivity contribution in [1.82, 2.24) is 15.1 Å². The molecule has 2 aliphatic heterocycles. The highest BCUT2D eigenvalue weighted by Crippen LogP contribution is 2.33. The molecule has 0 bridgehead atoms. The van der Waals surface area contributed by atoms with E-state index in [9.17, 15) is 24.0 Å². The van der Waals surface area contributed by atoms with Crippen molar-refractivity contribution in [1.29, 1.82) is 0 Å². The number of ketones is 1. The number of carbonyl (C=O) groups is 5. The molecule has 0 saturated carbocycles. The standard InChI is InChI=1S/C37H40N6O6/c1-24(2)32-36(48)43(28(19-25-11-7-5-8-12-25)33(46)39-20-30(44)34-40-37(3,4)23-49-34)29(26-13-9-6-10-14-26)21-42(32)35(47)27-15-17-41(18-16-27)22-31(38)45/h5-18,21,24,28,32H,19-20,22-23H2,1-4H3,(H2-,38,39,45,46)/p+1/t28-,32+/m0/s1. The fourth-order valence-corrected chi connectivity index (χ4v) is 5.85. The number of nitrogens with two attached hydrogens (primary N) is 1. The molecule has 12 heteroatoms. The second-order valence-corrected chi connectivity index (χ2v) is 13.1. The lowest BCUT2D eigenvalue weighted by atomic mass is 9.93. The number of aliphatic imine (C=N–C) groups is 1. The van der Waals surface area contributed by atoms with Gasteiger partial charge in [-0.3, -0.25) is 28.9 Å². The summed E-state index contributed by atoms with van der Waals surface area (Å²) in [4.78, 5) is 74.6. The second kappa shape index (κ2) is 14.6. The van der Waals surface area contributed by atoms with E-state index in [1.807, 2.05) is 76.2 Å². The lowest BCUT2D eigenvalue weighted by Crippen LogP contribution is -2.60. The molecule has 254 valence electrons. The molecule has 49 heavy (non-hydrogen) atoms. The molecular weight excluding hydrogens is 624 g/mol. The molecule has 2 atom stereocenters. The molecule has 3 aromatic rings. The van der Waals surface area contributed by atoms with E-state index in [-0.39, 0.29) is 37.9 Å². The Morgan fingerprint density at radius 2 is 1.63 bits per heavy atom. The first-order valence-electron chi connectivity index (χ1n) is 16.1. The molecule has 2 aliphatic rings. The van der Waals surface area contributed by atoms with Gasteiger partial charge in [0.25, 0.3) is 23.6 Å². The highest BCUT2D eigenvalue weighted by molar-refractivity contribution is 6.37. The fourth-order valence-electron chi connectivity index (χ4n) is 5.85. The van der Waals surface area contributed by atoms with Crippen LogP contribution in [0.25, 0.3) is 5.70 Å². The Balaban J connectivity index is 1.55. The van der Waals surface area contributed by atoms with Crippen molar-refractivity contribution in [3.8, 4) is 0 Å². The third-order valence-electron chi connectivity index (χ3n) is 8.24. The summed E-state index contributed by atoms with van der Waals surface area (Å²) in [5.74, 6) is -2.81. The highest BCUT2D eigenvalue weighted by atomic mass is 16.5. The molecule has 0 unspecified atom stereocenters. The van der Waals surface area contributed by atoms with Gasteiger partial charge in [0.15, 0.2) is 12.4 Å². The van der Waals surface area contributed by atoms with Gasteiger partial charge in [-0.25, -0.2) is 4.99 Å². The molecule has 0 radical (unpaired) electrons. The molecule has 0 fully saturated rings. The summed E-state index contributed by atoms with van der Waals surface area (Å²) in [7, 11) is 0. The van der Waals surface area contributed by atoms with Crippen LogP contribution in [-0.4, -0.2) is 75.9 Å². The number of primary amides is 1. The fraction of sp³-hybridized carbons (Fsp3) is 0.324. The van der Waals surface area contributed by atoms with Crippen LogP contribution >= 0.6 is 0 Å². The maximum Gasteiger partial charge on any atom is 0.283 e. The Bertz CT molecular complexity index is 1790. The van der Waals surface area contributed by atoms with E-state index in [0.29, 0.717) is 16.8 Å². The van der Waals surface area contributed by atoms with E-state index in [4.69, 9.17) is 10.5 Å². The molecule has 3 heterocycles. The van der Waals surface area contributed by atoms with Crippen LogP contribution in [0, 0.1) is 5.92 Å². The van der Waals surface area contributed by atoms with E-state index in [0.717, 1.165) is 5.56 Å². The largest absolute Gasteiger partial charge is 0.473 e. The number of rotatable bonds is 12. The zero-order valence-electron chi connectivity index (χ0n) is 28.0. The Morgan fingerprint density at radius 1 is 1.00 bits per heavy atom. The van der Waals surface area contributed by atoms with Crippen LogP contribution in [0.3, 0.4) is 0 Å². The average Bonchev–Trinajstić information content (AvgIpc) is 3.45. The summed E-state index contributed by atoms with van der Waals surface area (Å²) >= 11 is 0. The summed E-state index contributed by atoms with van der Waals surface area (Å²) in [5.41, 5.74) is 6.83. The van der Waals surface area contributed by atoms with Crippen molar-refractivity contribution < 1.29 is 33.3 Å². The Hall–Kier alpha value is -5.65. The third kappa shape index (κ3) is 8.08. The van der Waals surface area contributed by atoms with Crippen molar-refractivity contribution in [2.75, 3.05) is 13.2 Å². The lowest BCUT2D eigenvalue weighted by molar-refractivity contribution is -0.684. The first-order chi connectivity index (χ1) is 23.3. The minimum atomic E-state index is -1.08. The van der Waals surface area contributed by atoms with Crippen LogP contribution in [0.1, 0.15) is 49.2 Å². The minimum Gasteiger partial charge on any atom is -0.473 e. The van der Waals surface area contributed by atoms with Crippen LogP contribution in [0.2, 0.25) is 0 Å². The predicted molar refractivity (Wildman–Crippen MR) is 181 cm³/mol. The van der Waals surface area contributed by atoms with Gasteiger partial charge in [-0.2, -0.15) is 4.57 Å². The van der Waals surface area contributed by atoms with Gasteiger partial charge in [-0.05, 0) is 30.9 Å². The highest BCUT2D eigenvalue weighted by Gasteiger charge is 2.45. The SMILES string of the molecule is CC(C)[C@@H]1C(=O)N([C@@H](Cc2ccccc2)C(=O)NCC(=O)C2=NC(C)(C)CO2)C(c2ccccc2)=CN1C(=O)c1cc[n+](CC(N)=O)cc1. The third-order valence-corrected chi connectivity index (χ3v) is 8.24. The van der Waals surface area contributed by atoms with Gasteiger partial charge in [-0.15, -0.1) is 0 Å². The van der Waals surface area contributed by atoms with Crippen molar-refractivity contribution >= 4 is 41.0 Å². The zero-order valence-corrected chi connectivity index (χ0v) is 28.0. The maximum absolute atomic E-state index is 14.8. The van der Waals surface area contributed by atoms with Gasteiger partial charge in [0.2, 0.25) is 18.2 Å². The number of Topliss-reactive ketones (excluding diaryl/α,β-unsaturated/α-hetero) is 1. The molecule has 12 nitrogen and oxygen atoms in total. The van der Waals surface area contributed by atoms with Gasteiger partial charge in [0, 0.05) is 24.8 Å². The summed E-state index contributed by atoms with van der Waals surface area (Å²) in [6, 6.07) is 19.4. The van der Waals surface area contributed by atoms with Gasteiger partial charge >= 0.3 is 0 Å². The van der Waals surface area contributed by atoms with Crippen LogP contribution in [0.15, 0.2) is 96.4 Å². The van der Waals surface area contributed by atoms with Crippen molar-refractivity contribution in [2.24, 2.45) is 16.6 Å². The number of hydrogen-bond acceptors (Lipinski definition) is 7. The van der Waals surface area contributed by atoms with Gasteiger partial charge < -0.3 is 20.7 Å². The van der Waals surface area contributed by atoms with Gasteiger partial charge in [0.1, 0.15) is 18.7 Å². The van der Waals surface area contributed by atoms with Crippen LogP contribution in [0.4, 0.5) is 0 Å². The quantitative estimate of drug-likeness (QED) is 0.283. The van der Waals surface area contributed by atoms with Crippen molar-refractivity contribution in [2.45, 2.75) is 58.3 Å². The van der Waals surface area contributed by atoms with Crippen molar-refractivity contribution in [3.63, 3.8) is 0 Å². The number of hydrogen-bond donors (Lipinski definition) is 2. The number of pyridine rings is 1. The molecule has 3 N–H and O–H groups in total. The van der Waals surface area contributed by atoms with Gasteiger partial charge in [0.05, 0.1) is 23.3 Å². The molecule has 1 aromatic heterocycles. The summed E-state index contributed by atoms with van der Waals surface area (Å²) in [6.07, 6.45) is 4.91. The summed E-state index contributed by atoms with van der Waals surface area (Å²) < 4.78 is 7.03. The van der Waals surface area contributed by atoms with Crippen LogP contribution in [-0.2, 0) is 36.9 Å². The van der Waals surface area contributed by atoms with E-state index in [2.05, 4.69) is 10.3 Å². The normalized spacial score (nSPS) is 17.6. The molecule has 0 aliphatic carbocycles. The lowest BCUT2D eigenvalue weighted by Gasteiger charge is -2.44. The molecule has 0 saturated heterocycles. The number of aromatic nitrogens is 1. The van der Waals surface area contributed by atoms with Crippen LogP contribution < -0.4 is 15.6 Å². The van der Waals surface area contributed by atoms with E-state index < -0.39 is 47.0 Å². The minimum absolute atomic E-state index is 0.0427. The van der Waals surface area contributed by atoms with E-state index in [1.54, 1.807) is 47.4 Å². The Morgan fingerprint density at radius 3 is 2.20 bits per heavy atom. The average molecular weight is 666 g/mol. The van der Waals surface area contributed by atoms with Crippen molar-refractivity contribution in [3.05, 3.63) is 108 Å². The second-order valence-electron chi connectivity index (χ2n) is 13.1. The molecule has 2 aromatic carbocycles.